The van der Waals surface area contributed by atoms with E-state index in [0.717, 1.165) is 31.2 Å². The first-order valence-electron chi connectivity index (χ1n) is 12.0. The Morgan fingerprint density at radius 3 is 2.53 bits per heavy atom. The van der Waals surface area contributed by atoms with Gasteiger partial charge in [0.15, 0.2) is 5.82 Å². The van der Waals surface area contributed by atoms with Crippen molar-refractivity contribution in [2.75, 3.05) is 31.6 Å². The highest BCUT2D eigenvalue weighted by atomic mass is 16.3. The van der Waals surface area contributed by atoms with Gasteiger partial charge in [-0.3, -0.25) is 4.57 Å². The van der Waals surface area contributed by atoms with Gasteiger partial charge in [0.1, 0.15) is 6.33 Å². The van der Waals surface area contributed by atoms with E-state index in [-0.39, 0.29) is 12.6 Å². The smallest absolute Gasteiger partial charge is 0.185 e. The molecule has 2 aliphatic heterocycles. The maximum absolute atomic E-state index is 8.27. The molecule has 2 aromatic carbocycles. The SMILES string of the molecule is CNC(C)CO.c1ccc(-c2cc3n(c2)Cc2cc(N4CCCC4)ccc2-n2cnnc2-3)cc1. The Bertz CT molecular complexity index is 1240. The number of hydrogen-bond acceptors (Lipinski definition) is 5. The summed E-state index contributed by atoms with van der Waals surface area (Å²) in [6.45, 7) is 5.28. The minimum atomic E-state index is 0.219. The van der Waals surface area contributed by atoms with E-state index in [2.05, 4.69) is 90.3 Å². The molecule has 2 aromatic heterocycles. The van der Waals surface area contributed by atoms with Crippen molar-refractivity contribution >= 4 is 5.69 Å². The first kappa shape index (κ1) is 22.4. The van der Waals surface area contributed by atoms with E-state index >= 15 is 0 Å². The third-order valence-corrected chi connectivity index (χ3v) is 6.68. The van der Waals surface area contributed by atoms with E-state index in [1.807, 2.05) is 20.3 Å². The van der Waals surface area contributed by atoms with Crippen molar-refractivity contribution < 1.29 is 5.11 Å². The van der Waals surface area contributed by atoms with E-state index in [1.165, 1.54) is 40.9 Å². The van der Waals surface area contributed by atoms with Gasteiger partial charge in [0.25, 0.3) is 0 Å². The van der Waals surface area contributed by atoms with Crippen LogP contribution in [0.2, 0.25) is 0 Å². The average Bonchev–Trinajstić information content (AvgIpc) is 3.64. The molecule has 0 aliphatic carbocycles. The number of anilines is 1. The van der Waals surface area contributed by atoms with Crippen molar-refractivity contribution in [1.82, 2.24) is 24.6 Å². The fourth-order valence-electron chi connectivity index (χ4n) is 4.58. The summed E-state index contributed by atoms with van der Waals surface area (Å²) in [4.78, 5) is 2.49. The molecule has 1 atom stereocenters. The molecule has 7 heteroatoms. The quantitative estimate of drug-likeness (QED) is 0.429. The number of aromatic nitrogens is 4. The first-order valence-corrected chi connectivity index (χ1v) is 12.0. The number of likely N-dealkylation sites (N-methyl/N-ethyl adjacent to an activating group) is 1. The summed E-state index contributed by atoms with van der Waals surface area (Å²) < 4.78 is 4.43. The monoisotopic (exact) mass is 456 g/mol. The molecule has 0 bridgehead atoms. The summed E-state index contributed by atoms with van der Waals surface area (Å²) in [7, 11) is 1.82. The van der Waals surface area contributed by atoms with E-state index < -0.39 is 0 Å². The second kappa shape index (κ2) is 9.83. The molecule has 0 saturated carbocycles. The van der Waals surface area contributed by atoms with Crippen molar-refractivity contribution in [2.24, 2.45) is 0 Å². The van der Waals surface area contributed by atoms with Crippen LogP contribution >= 0.6 is 0 Å². The largest absolute Gasteiger partial charge is 0.395 e. The van der Waals surface area contributed by atoms with Crippen LogP contribution in [-0.4, -0.2) is 57.2 Å². The van der Waals surface area contributed by atoms with Crippen molar-refractivity contribution in [3.05, 3.63) is 72.7 Å². The molecule has 0 amide bonds. The van der Waals surface area contributed by atoms with Crippen LogP contribution in [-0.2, 0) is 6.54 Å². The summed E-state index contributed by atoms with van der Waals surface area (Å²) in [6.07, 6.45) is 6.64. The maximum Gasteiger partial charge on any atom is 0.185 e. The Hall–Kier alpha value is -3.42. The zero-order valence-electron chi connectivity index (χ0n) is 19.9. The van der Waals surface area contributed by atoms with Crippen molar-refractivity contribution in [3.63, 3.8) is 0 Å². The van der Waals surface area contributed by atoms with E-state index in [0.29, 0.717) is 0 Å². The Morgan fingerprint density at radius 1 is 1.03 bits per heavy atom. The molecule has 4 aromatic rings. The molecule has 7 nitrogen and oxygen atoms in total. The molecule has 1 fully saturated rings. The summed E-state index contributed by atoms with van der Waals surface area (Å²) in [5.74, 6) is 0.898. The lowest BCUT2D eigenvalue weighted by molar-refractivity contribution is 0.258. The summed E-state index contributed by atoms with van der Waals surface area (Å²) >= 11 is 0. The number of nitrogens with zero attached hydrogens (tertiary/aromatic N) is 5. The lowest BCUT2D eigenvalue weighted by atomic mass is 10.1. The van der Waals surface area contributed by atoms with Gasteiger partial charge < -0.3 is 19.9 Å². The molecule has 34 heavy (non-hydrogen) atoms. The highest BCUT2D eigenvalue weighted by Gasteiger charge is 2.23. The average molecular weight is 457 g/mol. The van der Waals surface area contributed by atoms with E-state index in [9.17, 15) is 0 Å². The summed E-state index contributed by atoms with van der Waals surface area (Å²) in [5, 5.41) is 19.8. The first-order chi connectivity index (χ1) is 16.7. The second-order valence-corrected chi connectivity index (χ2v) is 9.01. The van der Waals surface area contributed by atoms with Gasteiger partial charge in [-0.1, -0.05) is 30.3 Å². The number of rotatable bonds is 4. The number of aliphatic hydroxyl groups excluding tert-OH is 1. The molecular formula is C27H32N6O. The third-order valence-electron chi connectivity index (χ3n) is 6.68. The maximum atomic E-state index is 8.27. The van der Waals surface area contributed by atoms with Crippen LogP contribution in [0.15, 0.2) is 67.1 Å². The lowest BCUT2D eigenvalue weighted by Crippen LogP contribution is -2.24. The zero-order chi connectivity index (χ0) is 23.5. The molecule has 0 radical (unpaired) electrons. The van der Waals surface area contributed by atoms with Gasteiger partial charge in [-0.05, 0) is 62.2 Å². The summed E-state index contributed by atoms with van der Waals surface area (Å²) in [5.41, 5.74) is 7.34. The Balaban J connectivity index is 0.000000360. The van der Waals surface area contributed by atoms with Crippen LogP contribution in [0.4, 0.5) is 5.69 Å². The molecular weight excluding hydrogens is 424 g/mol. The van der Waals surface area contributed by atoms with Gasteiger partial charge in [0.05, 0.1) is 18.0 Å². The van der Waals surface area contributed by atoms with Gasteiger partial charge in [-0.2, -0.15) is 0 Å². The number of fused-ring (bicyclic) bond motifs is 5. The predicted octanol–water partition coefficient (Wildman–Crippen LogP) is 3.95. The fourth-order valence-corrected chi connectivity index (χ4v) is 4.58. The Labute approximate surface area is 200 Å². The molecule has 6 rings (SSSR count). The molecule has 2 N–H and O–H groups in total. The zero-order valence-corrected chi connectivity index (χ0v) is 19.9. The van der Waals surface area contributed by atoms with Gasteiger partial charge in [-0.15, -0.1) is 10.2 Å². The highest BCUT2D eigenvalue weighted by Crippen LogP contribution is 2.35. The standard InChI is InChI=1S/C23H21N5.C4H11NO/c1-2-6-17(7-3-1)18-13-22-23-25-24-16-28(23)21-9-8-20(26-10-4-5-11-26)12-19(21)15-27(22)14-18;1-4(3-6)5-2/h1-3,6-9,12-14,16H,4-5,10-11,15H2;4-6H,3H2,1-2H3. The molecule has 1 unspecified atom stereocenters. The normalized spacial score (nSPS) is 15.0. The van der Waals surface area contributed by atoms with Crippen LogP contribution in [0.25, 0.3) is 28.3 Å². The predicted molar refractivity (Wildman–Crippen MR) is 136 cm³/mol. The van der Waals surface area contributed by atoms with Crippen LogP contribution in [0.3, 0.4) is 0 Å². The molecule has 0 spiro atoms. The Kier molecular flexibility index (Phi) is 6.47. The van der Waals surface area contributed by atoms with E-state index in [1.54, 1.807) is 0 Å². The Morgan fingerprint density at radius 2 is 1.82 bits per heavy atom. The van der Waals surface area contributed by atoms with Gasteiger partial charge in [-0.25, -0.2) is 0 Å². The van der Waals surface area contributed by atoms with Crippen LogP contribution in [0.5, 0.6) is 0 Å². The minimum Gasteiger partial charge on any atom is -0.395 e. The van der Waals surface area contributed by atoms with Crippen molar-refractivity contribution in [1.29, 1.82) is 0 Å². The van der Waals surface area contributed by atoms with Crippen molar-refractivity contribution in [3.8, 4) is 28.3 Å². The number of aliphatic hydroxyl groups is 1. The highest BCUT2D eigenvalue weighted by molar-refractivity contribution is 5.72. The molecule has 4 heterocycles. The number of hydrogen-bond donors (Lipinski definition) is 2. The molecule has 176 valence electrons. The van der Waals surface area contributed by atoms with Crippen molar-refractivity contribution in [2.45, 2.75) is 32.4 Å². The van der Waals surface area contributed by atoms with E-state index in [4.69, 9.17) is 5.11 Å². The third kappa shape index (κ3) is 4.36. The molecule has 1 saturated heterocycles. The van der Waals surface area contributed by atoms with Crippen LogP contribution in [0, 0.1) is 0 Å². The van der Waals surface area contributed by atoms with Crippen LogP contribution < -0.4 is 10.2 Å². The number of nitrogens with one attached hydrogen (secondary N) is 1. The van der Waals surface area contributed by atoms with Gasteiger partial charge in [0, 0.05) is 43.1 Å². The number of benzene rings is 2. The van der Waals surface area contributed by atoms with Gasteiger partial charge >= 0.3 is 0 Å². The van der Waals surface area contributed by atoms with Crippen LogP contribution in [0.1, 0.15) is 25.3 Å². The second-order valence-electron chi connectivity index (χ2n) is 9.01. The summed E-state index contributed by atoms with van der Waals surface area (Å²) in [6, 6.07) is 19.8. The fraction of sp³-hybridized carbons (Fsp3) is 0.333. The van der Waals surface area contributed by atoms with Gasteiger partial charge in [0.2, 0.25) is 0 Å². The minimum absolute atomic E-state index is 0.219. The lowest BCUT2D eigenvalue weighted by Gasteiger charge is -2.20. The molecule has 2 aliphatic rings. The topological polar surface area (TPSA) is 71.1 Å².